The molecule has 112 valence electrons. The first-order valence-electron chi connectivity index (χ1n) is 6.55. The maximum absolute atomic E-state index is 10.9. The number of phenols is 1. The van der Waals surface area contributed by atoms with Crippen LogP contribution in [0.2, 0.25) is 0 Å². The summed E-state index contributed by atoms with van der Waals surface area (Å²) in [4.78, 5) is 10.9. The minimum atomic E-state index is -0.453. The van der Waals surface area contributed by atoms with Crippen molar-refractivity contribution < 1.29 is 14.6 Å². The predicted molar refractivity (Wildman–Crippen MR) is 79.2 cm³/mol. The molecule has 1 aromatic carbocycles. The van der Waals surface area contributed by atoms with Gasteiger partial charge in [0.1, 0.15) is 0 Å². The van der Waals surface area contributed by atoms with Gasteiger partial charge in [0.15, 0.2) is 11.5 Å². The molecule has 0 unspecified atom stereocenters. The van der Waals surface area contributed by atoms with E-state index in [0.717, 1.165) is 31.5 Å². The summed E-state index contributed by atoms with van der Waals surface area (Å²) in [6, 6.07) is 4.89. The van der Waals surface area contributed by atoms with E-state index in [0.29, 0.717) is 5.92 Å². The third kappa shape index (κ3) is 4.10. The molecule has 4 N–H and O–H groups in total. The summed E-state index contributed by atoms with van der Waals surface area (Å²) >= 11 is 0. The van der Waals surface area contributed by atoms with Gasteiger partial charge >= 0.3 is 5.97 Å². The SMILES string of the molecule is CC(=O)Oc1ccc([C@H](N)C2CCNCC2)cc1O.Cl. The number of halogens is 1. The zero-order valence-corrected chi connectivity index (χ0v) is 12.3. The fraction of sp³-hybridized carbons (Fsp3) is 0.500. The number of carbonyl (C=O) groups excluding carboxylic acids is 1. The summed E-state index contributed by atoms with van der Waals surface area (Å²) < 4.78 is 4.89. The Kier molecular flexibility index (Phi) is 6.26. The Bertz CT molecular complexity index is 462. The molecule has 1 heterocycles. The highest BCUT2D eigenvalue weighted by molar-refractivity contribution is 5.85. The summed E-state index contributed by atoms with van der Waals surface area (Å²) in [7, 11) is 0. The van der Waals surface area contributed by atoms with Crippen LogP contribution in [0.4, 0.5) is 0 Å². The van der Waals surface area contributed by atoms with Crippen LogP contribution in [0.5, 0.6) is 11.5 Å². The van der Waals surface area contributed by atoms with Crippen molar-refractivity contribution >= 4 is 18.4 Å². The number of carbonyl (C=O) groups is 1. The van der Waals surface area contributed by atoms with Gasteiger partial charge < -0.3 is 20.9 Å². The van der Waals surface area contributed by atoms with Gasteiger partial charge in [0.05, 0.1) is 0 Å². The van der Waals surface area contributed by atoms with Gasteiger partial charge in [0, 0.05) is 13.0 Å². The number of ether oxygens (including phenoxy) is 1. The minimum absolute atomic E-state index is 0. The monoisotopic (exact) mass is 300 g/mol. The molecule has 0 spiro atoms. The average molecular weight is 301 g/mol. The molecule has 1 aliphatic heterocycles. The molecule has 1 aromatic rings. The van der Waals surface area contributed by atoms with E-state index in [2.05, 4.69) is 5.32 Å². The standard InChI is InChI=1S/C14H20N2O3.ClH/c1-9(17)19-13-3-2-11(8-12(13)18)14(15)10-4-6-16-7-5-10;/h2-3,8,10,14,16,18H,4-7,15H2,1H3;1H/t14-;/m1./s1. The van der Waals surface area contributed by atoms with Crippen molar-refractivity contribution in [2.75, 3.05) is 13.1 Å². The summed E-state index contributed by atoms with van der Waals surface area (Å²) in [5, 5.41) is 13.1. The first-order valence-corrected chi connectivity index (χ1v) is 6.55. The van der Waals surface area contributed by atoms with Gasteiger partial charge in [-0.05, 0) is 49.5 Å². The Hall–Kier alpha value is -1.30. The maximum Gasteiger partial charge on any atom is 0.308 e. The van der Waals surface area contributed by atoms with Crippen molar-refractivity contribution in [3.63, 3.8) is 0 Å². The van der Waals surface area contributed by atoms with Crippen LogP contribution in [-0.4, -0.2) is 24.2 Å². The average Bonchev–Trinajstić information content (AvgIpc) is 2.41. The molecule has 0 bridgehead atoms. The number of phenolic OH excluding ortho intramolecular Hbond substituents is 1. The Morgan fingerprint density at radius 3 is 2.65 bits per heavy atom. The molecular formula is C14H21ClN2O3. The van der Waals surface area contributed by atoms with E-state index in [1.165, 1.54) is 6.92 Å². The number of rotatable bonds is 3. The largest absolute Gasteiger partial charge is 0.504 e. The minimum Gasteiger partial charge on any atom is -0.504 e. The van der Waals surface area contributed by atoms with E-state index in [-0.39, 0.29) is 29.9 Å². The first kappa shape index (κ1) is 16.8. The fourth-order valence-corrected chi connectivity index (χ4v) is 2.46. The van der Waals surface area contributed by atoms with Gasteiger partial charge in [-0.3, -0.25) is 4.79 Å². The number of hydrogen-bond donors (Lipinski definition) is 3. The fourth-order valence-electron chi connectivity index (χ4n) is 2.46. The molecule has 1 atom stereocenters. The van der Waals surface area contributed by atoms with Gasteiger partial charge in [-0.2, -0.15) is 0 Å². The van der Waals surface area contributed by atoms with Crippen molar-refractivity contribution in [3.05, 3.63) is 23.8 Å². The lowest BCUT2D eigenvalue weighted by Crippen LogP contribution is -2.33. The summed E-state index contributed by atoms with van der Waals surface area (Å²) in [6.07, 6.45) is 2.07. The number of hydrogen-bond acceptors (Lipinski definition) is 5. The normalized spacial score (nSPS) is 17.1. The number of benzene rings is 1. The summed E-state index contributed by atoms with van der Waals surface area (Å²) in [5.74, 6) is 0.0942. The molecule has 1 aliphatic rings. The van der Waals surface area contributed by atoms with Crippen LogP contribution in [0.25, 0.3) is 0 Å². The molecule has 0 amide bonds. The summed E-state index contributed by atoms with van der Waals surface area (Å²) in [5.41, 5.74) is 7.12. The van der Waals surface area contributed by atoms with Crippen LogP contribution in [-0.2, 0) is 4.79 Å². The van der Waals surface area contributed by atoms with Crippen LogP contribution >= 0.6 is 12.4 Å². The maximum atomic E-state index is 10.9. The predicted octanol–water partition coefficient (Wildman–Crippen LogP) is 1.74. The quantitative estimate of drug-likeness (QED) is 0.585. The second-order valence-electron chi connectivity index (χ2n) is 4.93. The van der Waals surface area contributed by atoms with Gasteiger partial charge in [-0.25, -0.2) is 0 Å². The van der Waals surface area contributed by atoms with Crippen LogP contribution in [0.3, 0.4) is 0 Å². The zero-order valence-electron chi connectivity index (χ0n) is 11.5. The van der Waals surface area contributed by atoms with Gasteiger partial charge in [0.2, 0.25) is 0 Å². The smallest absolute Gasteiger partial charge is 0.308 e. The van der Waals surface area contributed by atoms with E-state index in [1.807, 2.05) is 6.07 Å². The second kappa shape index (κ2) is 7.47. The van der Waals surface area contributed by atoms with Crippen LogP contribution in [0.15, 0.2) is 18.2 Å². The lowest BCUT2D eigenvalue weighted by atomic mass is 9.86. The van der Waals surface area contributed by atoms with Crippen LogP contribution < -0.4 is 15.8 Å². The highest BCUT2D eigenvalue weighted by Gasteiger charge is 2.22. The molecule has 20 heavy (non-hydrogen) atoms. The number of nitrogens with one attached hydrogen (secondary N) is 1. The summed E-state index contributed by atoms with van der Waals surface area (Å²) in [6.45, 7) is 3.26. The van der Waals surface area contributed by atoms with E-state index < -0.39 is 5.97 Å². The van der Waals surface area contributed by atoms with Gasteiger partial charge in [0.25, 0.3) is 0 Å². The highest BCUT2D eigenvalue weighted by atomic mass is 35.5. The number of nitrogens with two attached hydrogens (primary N) is 1. The highest BCUT2D eigenvalue weighted by Crippen LogP contribution is 2.33. The number of esters is 1. The molecule has 1 saturated heterocycles. The van der Waals surface area contributed by atoms with E-state index in [4.69, 9.17) is 10.5 Å². The molecular weight excluding hydrogens is 280 g/mol. The lowest BCUT2D eigenvalue weighted by Gasteiger charge is -2.28. The van der Waals surface area contributed by atoms with Crippen molar-refractivity contribution in [2.45, 2.75) is 25.8 Å². The molecule has 0 aliphatic carbocycles. The van der Waals surface area contributed by atoms with Crippen LogP contribution in [0, 0.1) is 5.92 Å². The van der Waals surface area contributed by atoms with Crippen LogP contribution in [0.1, 0.15) is 31.4 Å². The molecule has 0 saturated carbocycles. The van der Waals surface area contributed by atoms with Crippen molar-refractivity contribution in [1.82, 2.24) is 5.32 Å². The second-order valence-corrected chi connectivity index (χ2v) is 4.93. The molecule has 0 radical (unpaired) electrons. The van der Waals surface area contributed by atoms with Crippen molar-refractivity contribution in [1.29, 1.82) is 0 Å². The van der Waals surface area contributed by atoms with Gasteiger partial charge in [-0.1, -0.05) is 6.07 Å². The molecule has 2 rings (SSSR count). The molecule has 5 nitrogen and oxygen atoms in total. The molecule has 6 heteroatoms. The first-order chi connectivity index (χ1) is 9.08. The van der Waals surface area contributed by atoms with Gasteiger partial charge in [-0.15, -0.1) is 12.4 Å². The zero-order chi connectivity index (χ0) is 13.8. The Morgan fingerprint density at radius 2 is 2.10 bits per heavy atom. The third-order valence-corrected chi connectivity index (χ3v) is 3.51. The van der Waals surface area contributed by atoms with Crippen molar-refractivity contribution in [2.24, 2.45) is 11.7 Å². The van der Waals surface area contributed by atoms with Crippen molar-refractivity contribution in [3.8, 4) is 11.5 Å². The molecule has 1 fully saturated rings. The lowest BCUT2D eigenvalue weighted by molar-refractivity contribution is -0.132. The number of piperidine rings is 1. The Morgan fingerprint density at radius 1 is 1.45 bits per heavy atom. The molecule has 0 aromatic heterocycles. The number of aromatic hydroxyl groups is 1. The Labute approximate surface area is 124 Å². The third-order valence-electron chi connectivity index (χ3n) is 3.51. The topological polar surface area (TPSA) is 84.6 Å². The van der Waals surface area contributed by atoms with E-state index >= 15 is 0 Å². The Balaban J connectivity index is 0.00000200. The van der Waals surface area contributed by atoms with E-state index in [1.54, 1.807) is 12.1 Å². The van der Waals surface area contributed by atoms with E-state index in [9.17, 15) is 9.90 Å².